The zero-order valence-corrected chi connectivity index (χ0v) is 11.8. The molecule has 2 bridgehead atoms. The first-order chi connectivity index (χ1) is 9.64. The monoisotopic (exact) mass is 304 g/mol. The standard InChI is InChI=1S/C15H16N2O2S.CH4/c18-20(19,17-10-13-8-14(17)9-16-13)15-6-5-11-3-1-2-4-12(11)7-15;/h1-7,13-14,16H,8-10H2;1H4/t13-,14+;/m1./s1. The normalized spacial score (nSPS) is 25.1. The molecule has 2 heterocycles. The van der Waals surface area contributed by atoms with E-state index >= 15 is 0 Å². The predicted molar refractivity (Wildman–Crippen MR) is 84.8 cm³/mol. The maximum absolute atomic E-state index is 12.8. The molecule has 0 spiro atoms. The van der Waals surface area contributed by atoms with Crippen LogP contribution in [-0.2, 0) is 10.0 Å². The van der Waals surface area contributed by atoms with Crippen molar-refractivity contribution >= 4 is 20.8 Å². The number of sulfonamides is 1. The van der Waals surface area contributed by atoms with Gasteiger partial charge in [-0.3, -0.25) is 0 Å². The van der Waals surface area contributed by atoms with E-state index in [4.69, 9.17) is 0 Å². The van der Waals surface area contributed by atoms with Crippen LogP contribution in [-0.4, -0.2) is 37.9 Å². The van der Waals surface area contributed by atoms with E-state index in [0.717, 1.165) is 23.7 Å². The third-order valence-electron chi connectivity index (χ3n) is 4.33. The van der Waals surface area contributed by atoms with E-state index in [1.54, 1.807) is 16.4 Å². The molecule has 5 heteroatoms. The number of rotatable bonds is 2. The van der Waals surface area contributed by atoms with Gasteiger partial charge in [0.1, 0.15) is 0 Å². The van der Waals surface area contributed by atoms with Crippen molar-refractivity contribution in [3.63, 3.8) is 0 Å². The predicted octanol–water partition coefficient (Wildman–Crippen LogP) is 2.21. The Bertz CT molecular complexity index is 773. The fourth-order valence-corrected chi connectivity index (χ4v) is 5.00. The molecule has 0 saturated carbocycles. The highest BCUT2D eigenvalue weighted by atomic mass is 32.2. The fraction of sp³-hybridized carbons (Fsp3) is 0.375. The Morgan fingerprint density at radius 2 is 1.86 bits per heavy atom. The number of hydrogen-bond acceptors (Lipinski definition) is 3. The van der Waals surface area contributed by atoms with Gasteiger partial charge in [-0.05, 0) is 29.3 Å². The van der Waals surface area contributed by atoms with E-state index in [-0.39, 0.29) is 13.5 Å². The molecule has 2 fully saturated rings. The molecular formula is C16H20N2O2S. The van der Waals surface area contributed by atoms with Crippen molar-refractivity contribution in [1.29, 1.82) is 0 Å². The Balaban J connectivity index is 0.00000132. The lowest BCUT2D eigenvalue weighted by atomic mass is 10.1. The van der Waals surface area contributed by atoms with Gasteiger partial charge in [0, 0.05) is 25.2 Å². The minimum Gasteiger partial charge on any atom is -0.311 e. The Labute approximate surface area is 125 Å². The second-order valence-corrected chi connectivity index (χ2v) is 7.47. The lowest BCUT2D eigenvalue weighted by molar-refractivity contribution is 0.349. The molecule has 112 valence electrons. The highest BCUT2D eigenvalue weighted by Crippen LogP contribution is 2.30. The Morgan fingerprint density at radius 3 is 2.52 bits per heavy atom. The molecule has 0 amide bonds. The van der Waals surface area contributed by atoms with Gasteiger partial charge in [-0.2, -0.15) is 4.31 Å². The van der Waals surface area contributed by atoms with Gasteiger partial charge in [0.15, 0.2) is 0 Å². The summed E-state index contributed by atoms with van der Waals surface area (Å²) in [5.41, 5.74) is 0. The number of hydrogen-bond donors (Lipinski definition) is 1. The van der Waals surface area contributed by atoms with E-state index in [0.29, 0.717) is 17.5 Å². The van der Waals surface area contributed by atoms with Gasteiger partial charge in [0.2, 0.25) is 10.0 Å². The maximum Gasteiger partial charge on any atom is 0.243 e. The summed E-state index contributed by atoms with van der Waals surface area (Å²) in [6.45, 7) is 1.37. The second kappa shape index (κ2) is 5.09. The van der Waals surface area contributed by atoms with Crippen molar-refractivity contribution in [3.05, 3.63) is 42.5 Å². The summed E-state index contributed by atoms with van der Waals surface area (Å²) in [5.74, 6) is 0. The molecular weight excluding hydrogens is 284 g/mol. The number of nitrogens with one attached hydrogen (secondary N) is 1. The van der Waals surface area contributed by atoms with E-state index in [1.807, 2.05) is 30.3 Å². The van der Waals surface area contributed by atoms with Gasteiger partial charge in [-0.15, -0.1) is 0 Å². The summed E-state index contributed by atoms with van der Waals surface area (Å²) in [4.78, 5) is 0.406. The minimum absolute atomic E-state index is 0. The van der Waals surface area contributed by atoms with Gasteiger partial charge in [-0.25, -0.2) is 8.42 Å². The molecule has 4 nitrogen and oxygen atoms in total. The first-order valence-electron chi connectivity index (χ1n) is 6.89. The van der Waals surface area contributed by atoms with E-state index in [2.05, 4.69) is 5.32 Å². The van der Waals surface area contributed by atoms with Gasteiger partial charge >= 0.3 is 0 Å². The van der Waals surface area contributed by atoms with Gasteiger partial charge in [-0.1, -0.05) is 37.8 Å². The molecule has 2 aliphatic heterocycles. The van der Waals surface area contributed by atoms with Crippen LogP contribution in [0.1, 0.15) is 13.8 Å². The maximum atomic E-state index is 12.8. The van der Waals surface area contributed by atoms with E-state index < -0.39 is 10.0 Å². The second-order valence-electron chi connectivity index (χ2n) is 5.58. The third-order valence-corrected chi connectivity index (χ3v) is 6.25. The molecule has 2 aromatic rings. The average molecular weight is 304 g/mol. The highest BCUT2D eigenvalue weighted by Gasteiger charge is 2.44. The summed E-state index contributed by atoms with van der Waals surface area (Å²) >= 11 is 0. The average Bonchev–Trinajstić information content (AvgIpc) is 3.09. The van der Waals surface area contributed by atoms with Crippen LogP contribution >= 0.6 is 0 Å². The van der Waals surface area contributed by atoms with Crippen LogP contribution in [0.25, 0.3) is 10.8 Å². The lowest BCUT2D eigenvalue weighted by Gasteiger charge is -2.26. The Morgan fingerprint density at radius 1 is 1.10 bits per heavy atom. The summed E-state index contributed by atoms with van der Waals surface area (Å²) in [6.07, 6.45) is 0.937. The van der Waals surface area contributed by atoms with Crippen molar-refractivity contribution in [2.45, 2.75) is 30.8 Å². The number of fused-ring (bicyclic) bond motifs is 3. The molecule has 0 unspecified atom stereocenters. The Hall–Kier alpha value is -1.43. The van der Waals surface area contributed by atoms with Crippen LogP contribution in [0.2, 0.25) is 0 Å². The van der Waals surface area contributed by atoms with Gasteiger partial charge in [0.05, 0.1) is 4.90 Å². The molecule has 2 saturated heterocycles. The van der Waals surface area contributed by atoms with Crippen LogP contribution < -0.4 is 5.32 Å². The summed E-state index contributed by atoms with van der Waals surface area (Å²) in [6, 6.07) is 13.7. The summed E-state index contributed by atoms with van der Waals surface area (Å²) in [7, 11) is -3.37. The summed E-state index contributed by atoms with van der Waals surface area (Å²) in [5, 5.41) is 5.37. The number of piperazine rings is 1. The van der Waals surface area contributed by atoms with Gasteiger partial charge < -0.3 is 5.32 Å². The molecule has 0 radical (unpaired) electrons. The van der Waals surface area contributed by atoms with Crippen molar-refractivity contribution in [3.8, 4) is 0 Å². The van der Waals surface area contributed by atoms with Crippen LogP contribution in [0.15, 0.2) is 47.4 Å². The van der Waals surface area contributed by atoms with Crippen LogP contribution in [0.5, 0.6) is 0 Å². The quantitative estimate of drug-likeness (QED) is 0.925. The van der Waals surface area contributed by atoms with Gasteiger partial charge in [0.25, 0.3) is 0 Å². The molecule has 2 atom stereocenters. The van der Waals surface area contributed by atoms with E-state index in [1.165, 1.54) is 0 Å². The van der Waals surface area contributed by atoms with Crippen LogP contribution in [0.4, 0.5) is 0 Å². The molecule has 0 aromatic heterocycles. The molecule has 2 aromatic carbocycles. The lowest BCUT2D eigenvalue weighted by Crippen LogP contribution is -2.46. The number of benzene rings is 2. The fourth-order valence-electron chi connectivity index (χ4n) is 3.28. The topological polar surface area (TPSA) is 49.4 Å². The highest BCUT2D eigenvalue weighted by molar-refractivity contribution is 7.89. The molecule has 21 heavy (non-hydrogen) atoms. The van der Waals surface area contributed by atoms with Crippen LogP contribution in [0.3, 0.4) is 0 Å². The third kappa shape index (κ3) is 2.25. The van der Waals surface area contributed by atoms with Crippen molar-refractivity contribution in [2.24, 2.45) is 0 Å². The first kappa shape index (κ1) is 14.5. The smallest absolute Gasteiger partial charge is 0.243 e. The first-order valence-corrected chi connectivity index (χ1v) is 8.33. The number of nitrogens with zero attached hydrogens (tertiary/aromatic N) is 1. The van der Waals surface area contributed by atoms with E-state index in [9.17, 15) is 8.42 Å². The zero-order chi connectivity index (χ0) is 13.7. The Kier molecular flexibility index (Phi) is 3.51. The summed E-state index contributed by atoms with van der Waals surface area (Å²) < 4.78 is 27.2. The van der Waals surface area contributed by atoms with Crippen molar-refractivity contribution < 1.29 is 8.42 Å². The SMILES string of the molecule is C.O=S(=O)(c1ccc2ccccc2c1)N1C[C@H]2C[C@H]1CN2. The van der Waals surface area contributed by atoms with Crippen molar-refractivity contribution in [2.75, 3.05) is 13.1 Å². The zero-order valence-electron chi connectivity index (χ0n) is 11.0. The minimum atomic E-state index is -3.37. The molecule has 4 rings (SSSR count). The molecule has 2 aliphatic rings. The largest absolute Gasteiger partial charge is 0.311 e. The van der Waals surface area contributed by atoms with Crippen LogP contribution in [0, 0.1) is 0 Å². The molecule has 1 N–H and O–H groups in total. The van der Waals surface area contributed by atoms with Crippen molar-refractivity contribution in [1.82, 2.24) is 9.62 Å². The molecule has 0 aliphatic carbocycles.